The molecule has 5 rings (SSSR count). The van der Waals surface area contributed by atoms with Gasteiger partial charge < -0.3 is 5.32 Å². The lowest BCUT2D eigenvalue weighted by Crippen LogP contribution is -2.36. The van der Waals surface area contributed by atoms with Crippen molar-refractivity contribution in [2.45, 2.75) is 38.1 Å². The first-order valence-electron chi connectivity index (χ1n) is 10.3. The Kier molecular flexibility index (Phi) is 4.75. The Morgan fingerprint density at radius 2 is 1.97 bits per heavy atom. The molecule has 4 aromatic rings. The van der Waals surface area contributed by atoms with Gasteiger partial charge in [0.2, 0.25) is 0 Å². The highest BCUT2D eigenvalue weighted by molar-refractivity contribution is 6.00. The zero-order valence-corrected chi connectivity index (χ0v) is 16.8. The lowest BCUT2D eigenvalue weighted by atomic mass is 9.94. The van der Waals surface area contributed by atoms with Crippen molar-refractivity contribution in [3.8, 4) is 11.3 Å². The summed E-state index contributed by atoms with van der Waals surface area (Å²) in [6.45, 7) is 1.94. The number of pyridine rings is 2. The Bertz CT molecular complexity index is 1200. The molecule has 3 heterocycles. The molecule has 1 aliphatic carbocycles. The number of nitrogens with one attached hydrogen (secondary N) is 2. The van der Waals surface area contributed by atoms with E-state index in [4.69, 9.17) is 0 Å². The molecule has 30 heavy (non-hydrogen) atoms. The predicted molar refractivity (Wildman–Crippen MR) is 116 cm³/mol. The second kappa shape index (κ2) is 7.71. The Morgan fingerprint density at radius 3 is 2.80 bits per heavy atom. The summed E-state index contributed by atoms with van der Waals surface area (Å²) < 4.78 is 0. The molecule has 1 amide bonds. The maximum Gasteiger partial charge on any atom is 0.253 e. The van der Waals surface area contributed by atoms with E-state index >= 15 is 0 Å². The van der Waals surface area contributed by atoms with Crippen molar-refractivity contribution in [3.63, 3.8) is 0 Å². The van der Waals surface area contributed by atoms with Gasteiger partial charge >= 0.3 is 0 Å². The fraction of sp³-hybridized carbons (Fsp3) is 0.250. The van der Waals surface area contributed by atoms with Gasteiger partial charge in [0, 0.05) is 41.0 Å². The molecule has 3 aromatic heterocycles. The number of hydrogen-bond acceptors (Lipinski definition) is 4. The molecule has 1 aromatic carbocycles. The summed E-state index contributed by atoms with van der Waals surface area (Å²) in [5.41, 5.74) is 5.15. The zero-order valence-electron chi connectivity index (χ0n) is 16.8. The third-order valence-corrected chi connectivity index (χ3v) is 5.91. The van der Waals surface area contributed by atoms with Crippen molar-refractivity contribution < 1.29 is 4.79 Å². The molecule has 2 N–H and O–H groups in total. The summed E-state index contributed by atoms with van der Waals surface area (Å²) in [5.74, 6) is 0.270. The number of H-pyrrole nitrogens is 1. The topological polar surface area (TPSA) is 83.6 Å². The first-order chi connectivity index (χ1) is 14.7. The number of aromatic nitrogens is 4. The number of rotatable bonds is 4. The van der Waals surface area contributed by atoms with Gasteiger partial charge in [0.05, 0.1) is 5.56 Å². The van der Waals surface area contributed by atoms with Gasteiger partial charge in [-0.1, -0.05) is 36.8 Å². The molecule has 6 nitrogen and oxygen atoms in total. The van der Waals surface area contributed by atoms with E-state index in [0.29, 0.717) is 17.1 Å². The van der Waals surface area contributed by atoms with E-state index in [0.717, 1.165) is 41.6 Å². The average Bonchev–Trinajstić information content (AvgIpc) is 3.40. The number of carbonyl (C=O) groups is 1. The highest BCUT2D eigenvalue weighted by Gasteiger charge is 2.30. The number of nitrogens with zero attached hydrogens (tertiary/aromatic N) is 3. The first-order valence-corrected chi connectivity index (χ1v) is 10.3. The molecule has 0 spiro atoms. The first kappa shape index (κ1) is 18.5. The second-order valence-corrected chi connectivity index (χ2v) is 7.91. The SMILES string of the molecule is Cc1cc(-c2n[nH]c3ncc(C(=O)N[C@H]4CCC[C@@H]4c4ccccc4)cc23)ccn1. The molecule has 0 bridgehead atoms. The summed E-state index contributed by atoms with van der Waals surface area (Å²) in [6, 6.07) is 16.4. The van der Waals surface area contributed by atoms with Crippen LogP contribution in [0.4, 0.5) is 0 Å². The Morgan fingerprint density at radius 1 is 1.10 bits per heavy atom. The molecule has 1 fully saturated rings. The van der Waals surface area contributed by atoms with Crippen LogP contribution in [0.15, 0.2) is 60.9 Å². The van der Waals surface area contributed by atoms with E-state index in [1.807, 2.05) is 31.2 Å². The largest absolute Gasteiger partial charge is 0.349 e. The summed E-state index contributed by atoms with van der Waals surface area (Å²) in [4.78, 5) is 21.7. The van der Waals surface area contributed by atoms with Crippen LogP contribution < -0.4 is 5.32 Å². The highest BCUT2D eigenvalue weighted by Crippen LogP contribution is 2.34. The summed E-state index contributed by atoms with van der Waals surface area (Å²) >= 11 is 0. The fourth-order valence-electron chi connectivity index (χ4n) is 4.42. The van der Waals surface area contributed by atoms with Crippen LogP contribution in [0.3, 0.4) is 0 Å². The number of aromatic amines is 1. The van der Waals surface area contributed by atoms with E-state index in [-0.39, 0.29) is 11.9 Å². The molecule has 1 saturated carbocycles. The number of carbonyl (C=O) groups excluding carboxylic acids is 1. The molecule has 6 heteroatoms. The van der Waals surface area contributed by atoms with Crippen LogP contribution in [0.1, 0.15) is 46.8 Å². The van der Waals surface area contributed by atoms with Crippen molar-refractivity contribution in [2.75, 3.05) is 0 Å². The zero-order chi connectivity index (χ0) is 20.5. The van der Waals surface area contributed by atoms with Crippen LogP contribution in [0, 0.1) is 6.92 Å². The average molecular weight is 397 g/mol. The smallest absolute Gasteiger partial charge is 0.253 e. The standard InChI is InChI=1S/C24H23N5O/c1-15-12-17(10-11-25-15)22-20-13-18(14-26-23(20)29-28-22)24(30)27-21-9-5-8-19(21)16-6-3-2-4-7-16/h2-4,6-7,10-14,19,21H,5,8-9H2,1H3,(H,27,30)(H,26,28,29)/t19-,21+/m1/s1. The number of hydrogen-bond donors (Lipinski definition) is 2. The Hall–Kier alpha value is -3.54. The second-order valence-electron chi connectivity index (χ2n) is 7.91. The van der Waals surface area contributed by atoms with Crippen LogP contribution in [0.25, 0.3) is 22.3 Å². The van der Waals surface area contributed by atoms with Gasteiger partial charge in [-0.2, -0.15) is 5.10 Å². The van der Waals surface area contributed by atoms with Crippen LogP contribution in [-0.2, 0) is 0 Å². The summed E-state index contributed by atoms with van der Waals surface area (Å²) in [7, 11) is 0. The number of amides is 1. The van der Waals surface area contributed by atoms with Gasteiger partial charge in [-0.15, -0.1) is 0 Å². The molecular formula is C24H23N5O. The molecule has 0 aliphatic heterocycles. The van der Waals surface area contributed by atoms with E-state index < -0.39 is 0 Å². The molecule has 0 radical (unpaired) electrons. The van der Waals surface area contributed by atoms with Crippen molar-refractivity contribution in [1.29, 1.82) is 0 Å². The maximum absolute atomic E-state index is 13.1. The molecule has 2 atom stereocenters. The van der Waals surface area contributed by atoms with Crippen molar-refractivity contribution in [1.82, 2.24) is 25.5 Å². The molecular weight excluding hydrogens is 374 g/mol. The fourth-order valence-corrected chi connectivity index (χ4v) is 4.42. The number of benzene rings is 1. The number of fused-ring (bicyclic) bond motifs is 1. The highest BCUT2D eigenvalue weighted by atomic mass is 16.1. The van der Waals surface area contributed by atoms with Crippen LogP contribution in [0.2, 0.25) is 0 Å². The van der Waals surface area contributed by atoms with Gasteiger partial charge in [-0.05, 0) is 43.5 Å². The van der Waals surface area contributed by atoms with Crippen molar-refractivity contribution >= 4 is 16.9 Å². The summed E-state index contributed by atoms with van der Waals surface area (Å²) in [6.07, 6.45) is 6.59. The molecule has 0 saturated heterocycles. The normalized spacial score (nSPS) is 18.6. The lowest BCUT2D eigenvalue weighted by molar-refractivity contribution is 0.0934. The van der Waals surface area contributed by atoms with E-state index in [1.165, 1.54) is 5.56 Å². The van der Waals surface area contributed by atoms with Crippen LogP contribution in [0.5, 0.6) is 0 Å². The van der Waals surface area contributed by atoms with Gasteiger partial charge in [-0.25, -0.2) is 4.98 Å². The third kappa shape index (κ3) is 3.45. The van der Waals surface area contributed by atoms with Crippen LogP contribution >= 0.6 is 0 Å². The lowest BCUT2D eigenvalue weighted by Gasteiger charge is -2.21. The monoisotopic (exact) mass is 397 g/mol. The minimum absolute atomic E-state index is 0.0877. The van der Waals surface area contributed by atoms with Crippen LogP contribution in [-0.4, -0.2) is 32.1 Å². The van der Waals surface area contributed by atoms with Crippen molar-refractivity contribution in [3.05, 3.63) is 77.7 Å². The third-order valence-electron chi connectivity index (χ3n) is 5.91. The van der Waals surface area contributed by atoms with Gasteiger partial charge in [0.25, 0.3) is 5.91 Å². The Labute approximate surface area is 174 Å². The van der Waals surface area contributed by atoms with Gasteiger partial charge in [0.1, 0.15) is 5.69 Å². The molecule has 0 unspecified atom stereocenters. The molecule has 1 aliphatic rings. The minimum atomic E-state index is -0.0877. The van der Waals surface area contributed by atoms with E-state index in [9.17, 15) is 4.79 Å². The minimum Gasteiger partial charge on any atom is -0.349 e. The molecule has 150 valence electrons. The Balaban J connectivity index is 1.42. The van der Waals surface area contributed by atoms with Gasteiger partial charge in [-0.3, -0.25) is 14.9 Å². The van der Waals surface area contributed by atoms with E-state index in [1.54, 1.807) is 12.4 Å². The van der Waals surface area contributed by atoms with Crippen molar-refractivity contribution in [2.24, 2.45) is 0 Å². The quantitative estimate of drug-likeness (QED) is 0.535. The van der Waals surface area contributed by atoms with E-state index in [2.05, 4.69) is 49.7 Å². The van der Waals surface area contributed by atoms with Gasteiger partial charge in [0.15, 0.2) is 5.65 Å². The maximum atomic E-state index is 13.1. The predicted octanol–water partition coefficient (Wildman–Crippen LogP) is 4.39. The number of aryl methyl sites for hydroxylation is 1. The summed E-state index contributed by atoms with van der Waals surface area (Å²) in [5, 5.41) is 11.5.